The van der Waals surface area contributed by atoms with E-state index in [1.54, 1.807) is 30.3 Å². The Morgan fingerprint density at radius 2 is 1.28 bits per heavy atom. The Hall–Kier alpha value is -7.40. The average Bonchev–Trinajstić information content (AvgIpc) is 3.48. The molecule has 1 heterocycles. The van der Waals surface area contributed by atoms with Gasteiger partial charge in [-0.2, -0.15) is 21.9 Å². The number of benzene rings is 6. The molecule has 0 radical (unpaired) electrons. The Balaban J connectivity index is 0.000000415. The molecule has 0 unspecified atom stereocenters. The van der Waals surface area contributed by atoms with E-state index in [1.165, 1.54) is 31.2 Å². The van der Waals surface area contributed by atoms with Crippen LogP contribution in [0.3, 0.4) is 0 Å². The molecule has 0 spiro atoms. The SMILES string of the molecule is Cc1nn(-c2ccc(S(=O)(=O)O)cc2)c(=O)[c-]1N=Nc1cc([N+](=O)[O-])ccc1O.O=[N+]([O-])c1ccc2c(N=Nc3c(O)ccc4ccccc34)c(O)cc(S(=O)(=O)O)c2c1.[Cr].[H+].[H+].[H+]. The van der Waals surface area contributed by atoms with E-state index in [1.807, 2.05) is 0 Å². The molecule has 0 fully saturated rings. The van der Waals surface area contributed by atoms with Gasteiger partial charge in [-0.25, -0.2) is 9.78 Å². The molecule has 61 heavy (non-hydrogen) atoms. The Kier molecular flexibility index (Phi) is 12.8. The number of hydrogen-bond donors (Lipinski definition) is 5. The number of hydrogen-bond acceptors (Lipinski definition) is 17. The van der Waals surface area contributed by atoms with Gasteiger partial charge in [-0.15, -0.1) is 15.9 Å². The zero-order chi connectivity index (χ0) is 43.7. The molecule has 6 aromatic carbocycles. The summed E-state index contributed by atoms with van der Waals surface area (Å²) in [7, 11) is -9.19. The van der Waals surface area contributed by atoms with E-state index >= 15 is 0 Å². The van der Waals surface area contributed by atoms with Crippen molar-refractivity contribution in [2.24, 2.45) is 20.5 Å². The van der Waals surface area contributed by atoms with Crippen molar-refractivity contribution >= 4 is 75.9 Å². The number of phenols is 3. The molecule has 0 saturated heterocycles. The second-order valence-electron chi connectivity index (χ2n) is 12.3. The van der Waals surface area contributed by atoms with Crippen LogP contribution in [-0.2, 0) is 37.6 Å². The number of azo groups is 2. The minimum Gasteiger partial charge on any atom is -0.506 e. The van der Waals surface area contributed by atoms with Crippen molar-refractivity contribution in [3.8, 4) is 22.9 Å². The number of aromatic hydroxyl groups is 3. The summed E-state index contributed by atoms with van der Waals surface area (Å²) >= 11 is 0. The van der Waals surface area contributed by atoms with Crippen LogP contribution in [0.2, 0.25) is 0 Å². The van der Waals surface area contributed by atoms with Gasteiger partial charge in [0.05, 0.1) is 20.4 Å². The molecule has 0 aliphatic heterocycles. The first kappa shape index (κ1) is 44.7. The molecular weight excluding hydrogens is 885 g/mol. The van der Waals surface area contributed by atoms with Crippen LogP contribution < -0.4 is 5.56 Å². The third-order valence-corrected chi connectivity index (χ3v) is 10.2. The second kappa shape index (κ2) is 17.4. The number of aryl methyl sites for hydroxylation is 1. The zero-order valence-corrected chi connectivity index (χ0v) is 33.4. The predicted octanol–water partition coefficient (Wildman–Crippen LogP) is 7.85. The van der Waals surface area contributed by atoms with Gasteiger partial charge < -0.3 is 25.2 Å². The van der Waals surface area contributed by atoms with Gasteiger partial charge in [0, 0.05) is 63.9 Å². The van der Waals surface area contributed by atoms with Crippen LogP contribution >= 0.6 is 0 Å². The van der Waals surface area contributed by atoms with Crippen molar-refractivity contribution in [2.75, 3.05) is 0 Å². The number of nitrogens with zero attached hydrogens (tertiary/aromatic N) is 8. The van der Waals surface area contributed by atoms with Gasteiger partial charge in [-0.05, 0) is 47.9 Å². The Labute approximate surface area is 356 Å². The number of nitro benzene ring substituents is 2. The molecule has 7 aromatic rings. The van der Waals surface area contributed by atoms with Gasteiger partial charge in [0.15, 0.2) is 0 Å². The normalized spacial score (nSPS) is 11.7. The van der Waals surface area contributed by atoms with Gasteiger partial charge in [0.2, 0.25) is 0 Å². The molecule has 0 atom stereocenters. The Morgan fingerprint density at radius 3 is 1.90 bits per heavy atom. The second-order valence-corrected chi connectivity index (χ2v) is 15.1. The molecule has 0 aliphatic carbocycles. The summed E-state index contributed by atoms with van der Waals surface area (Å²) in [4.78, 5) is 32.0. The first-order valence-electron chi connectivity index (χ1n) is 16.5. The van der Waals surface area contributed by atoms with Crippen LogP contribution in [0.1, 0.15) is 9.97 Å². The van der Waals surface area contributed by atoms with Gasteiger partial charge in [-0.3, -0.25) is 29.3 Å². The van der Waals surface area contributed by atoms with Gasteiger partial charge in [0.1, 0.15) is 44.8 Å². The quantitative estimate of drug-likeness (QED) is 0.0303. The minimum absolute atomic E-state index is 0. The smallest absolute Gasteiger partial charge is 0.506 e. The van der Waals surface area contributed by atoms with Crippen molar-refractivity contribution in [1.29, 1.82) is 0 Å². The van der Waals surface area contributed by atoms with Crippen LogP contribution in [0.4, 0.5) is 34.1 Å². The number of phenolic OH excluding ortho intramolecular Hbond substituents is 3. The Morgan fingerprint density at radius 1 is 0.689 bits per heavy atom. The first-order chi connectivity index (χ1) is 28.2. The maximum atomic E-state index is 12.6. The van der Waals surface area contributed by atoms with Crippen molar-refractivity contribution in [2.45, 2.75) is 16.7 Å². The molecular formula is C36H28CrN8O14S2+2. The van der Waals surface area contributed by atoms with E-state index in [9.17, 15) is 61.7 Å². The average molecular weight is 913 g/mol. The monoisotopic (exact) mass is 912 g/mol. The van der Waals surface area contributed by atoms with Crippen LogP contribution in [0.15, 0.2) is 138 Å². The molecule has 0 saturated carbocycles. The molecule has 0 bridgehead atoms. The van der Waals surface area contributed by atoms with Gasteiger partial charge in [-0.1, -0.05) is 42.9 Å². The van der Waals surface area contributed by atoms with Crippen molar-refractivity contribution in [3.63, 3.8) is 0 Å². The number of non-ortho nitro benzene ring substituents is 2. The fourth-order valence-electron chi connectivity index (χ4n) is 5.59. The van der Waals surface area contributed by atoms with Crippen LogP contribution in [-0.4, -0.2) is 60.9 Å². The molecule has 312 valence electrons. The number of fused-ring (bicyclic) bond motifs is 2. The maximum Gasteiger partial charge on any atom is 1.00 e. The predicted molar refractivity (Wildman–Crippen MR) is 214 cm³/mol. The molecule has 0 amide bonds. The zero-order valence-electron chi connectivity index (χ0n) is 33.5. The summed E-state index contributed by atoms with van der Waals surface area (Å²) in [5, 5.41) is 72.9. The van der Waals surface area contributed by atoms with E-state index in [-0.39, 0.29) is 88.6 Å². The molecule has 0 aliphatic rings. The molecule has 7 rings (SSSR count). The maximum absolute atomic E-state index is 12.6. The van der Waals surface area contributed by atoms with Crippen molar-refractivity contribution in [3.05, 3.63) is 139 Å². The third-order valence-electron chi connectivity index (χ3n) is 8.45. The van der Waals surface area contributed by atoms with E-state index in [0.29, 0.717) is 5.39 Å². The summed E-state index contributed by atoms with van der Waals surface area (Å²) in [6, 6.07) is 22.1. The van der Waals surface area contributed by atoms with E-state index in [0.717, 1.165) is 58.6 Å². The van der Waals surface area contributed by atoms with Crippen LogP contribution in [0.5, 0.6) is 17.2 Å². The number of rotatable bonds is 9. The molecule has 22 nitrogen and oxygen atoms in total. The largest absolute Gasteiger partial charge is 1.00 e. The number of aromatic nitrogens is 2. The standard InChI is InChI=1S/C20H13N3O7S.C16H12N5O7S.Cr/c24-16-8-5-11-3-1-2-4-13(11)19(16)21-22-20-14-7-6-12(23(26)27)9-15(14)18(10-17(20)25)31(28,29)30;1-9-15(18-17-13-8-11(21(24)25)4-7-14(13)22)16(23)20(19-9)10-2-5-12(6-3-10)29(26,27)28;/h1-10,24-25H,(H,28,29,30);2-8,22H,1H3,(H,26,27,28);/q;-1;/p+3. The first-order valence-corrected chi connectivity index (χ1v) is 19.4. The molecule has 25 heteroatoms. The Bertz CT molecular complexity index is 3260. The van der Waals surface area contributed by atoms with Gasteiger partial charge in [0.25, 0.3) is 31.6 Å². The van der Waals surface area contributed by atoms with E-state index in [2.05, 4.69) is 25.6 Å². The fraction of sp³-hybridized carbons (Fsp3) is 0.0278. The summed E-state index contributed by atoms with van der Waals surface area (Å²) in [6.45, 7) is 1.48. The summed E-state index contributed by atoms with van der Waals surface area (Å²) < 4.78 is 65.2. The van der Waals surface area contributed by atoms with Gasteiger partial charge >= 0.3 is 4.28 Å². The van der Waals surface area contributed by atoms with Crippen molar-refractivity contribution in [1.82, 2.24) is 9.78 Å². The van der Waals surface area contributed by atoms with Crippen LogP contribution in [0, 0.1) is 27.2 Å². The minimum atomic E-state index is -4.81. The fourth-order valence-corrected chi connectivity index (χ4v) is 6.78. The molecule has 5 N–H and O–H groups in total. The topological polar surface area (TPSA) is 340 Å². The number of nitro groups is 2. The van der Waals surface area contributed by atoms with E-state index in [4.69, 9.17) is 4.55 Å². The van der Waals surface area contributed by atoms with Crippen LogP contribution in [0.25, 0.3) is 27.2 Å². The van der Waals surface area contributed by atoms with E-state index < -0.39 is 52.0 Å². The third kappa shape index (κ3) is 9.58. The summed E-state index contributed by atoms with van der Waals surface area (Å²) in [5.41, 5.74) is -1.47. The van der Waals surface area contributed by atoms with Crippen molar-refractivity contribution < 1.29 is 72.7 Å². The summed E-state index contributed by atoms with van der Waals surface area (Å²) in [6.07, 6.45) is 0. The molecule has 1 aromatic heterocycles. The summed E-state index contributed by atoms with van der Waals surface area (Å²) in [5.74, 6) is -1.16.